The van der Waals surface area contributed by atoms with E-state index >= 15 is 0 Å². The van der Waals surface area contributed by atoms with Crippen molar-refractivity contribution in [3.8, 4) is 11.5 Å². The number of nitrogens with zero attached hydrogens (tertiary/aromatic N) is 3. The first-order valence-corrected chi connectivity index (χ1v) is 10.6. The number of amides is 2. The number of nitrogens with one attached hydrogen (secondary N) is 2. The van der Waals surface area contributed by atoms with Crippen LogP contribution in [0.15, 0.2) is 60.0 Å². The third kappa shape index (κ3) is 5.34. The Bertz CT molecular complexity index is 1070. The van der Waals surface area contributed by atoms with Crippen LogP contribution >= 0.6 is 11.8 Å². The molecule has 0 saturated heterocycles. The number of fused-ring (bicyclic) bond motifs is 1. The summed E-state index contributed by atoms with van der Waals surface area (Å²) in [6.07, 6.45) is 1.32. The molecule has 1 aliphatic rings. The Morgan fingerprint density at radius 2 is 1.94 bits per heavy atom. The lowest BCUT2D eigenvalue weighted by Crippen LogP contribution is -2.40. The molecule has 0 spiro atoms. The number of anilines is 1. The highest BCUT2D eigenvalue weighted by molar-refractivity contribution is 7.99. The Kier molecular flexibility index (Phi) is 6.37. The predicted molar refractivity (Wildman–Crippen MR) is 115 cm³/mol. The van der Waals surface area contributed by atoms with E-state index < -0.39 is 0 Å². The summed E-state index contributed by atoms with van der Waals surface area (Å²) in [6, 6.07) is 14.1. The summed E-state index contributed by atoms with van der Waals surface area (Å²) in [5, 5.41) is 14.0. The van der Waals surface area contributed by atoms with Crippen molar-refractivity contribution in [3.05, 3.63) is 60.4 Å². The highest BCUT2D eigenvalue weighted by Gasteiger charge is 2.21. The fourth-order valence-electron chi connectivity index (χ4n) is 2.91. The van der Waals surface area contributed by atoms with Crippen molar-refractivity contribution in [3.63, 3.8) is 0 Å². The van der Waals surface area contributed by atoms with E-state index in [1.54, 1.807) is 35.2 Å². The molecule has 2 heterocycles. The van der Waals surface area contributed by atoms with Gasteiger partial charge in [0.1, 0.15) is 19.0 Å². The molecule has 0 radical (unpaired) electrons. The highest BCUT2D eigenvalue weighted by Crippen LogP contribution is 2.30. The van der Waals surface area contributed by atoms with E-state index in [2.05, 4.69) is 20.8 Å². The fraction of sp³-hybridized carbons (Fsp3) is 0.238. The largest absolute Gasteiger partial charge is 0.486 e. The van der Waals surface area contributed by atoms with Gasteiger partial charge in [0.15, 0.2) is 16.7 Å². The number of hydrogen-bond donors (Lipinski definition) is 2. The van der Waals surface area contributed by atoms with Crippen LogP contribution in [0.25, 0.3) is 0 Å². The molecule has 0 bridgehead atoms. The molecular weight excluding hydrogens is 418 g/mol. The second-order valence-electron chi connectivity index (χ2n) is 6.85. The average Bonchev–Trinajstić information content (AvgIpc) is 3.21. The normalized spacial score (nSPS) is 14.7. The zero-order valence-electron chi connectivity index (χ0n) is 16.8. The molecule has 4 rings (SSSR count). The number of aromatic nitrogens is 3. The molecule has 9 nitrogen and oxygen atoms in total. The Labute approximate surface area is 183 Å². The molecule has 0 aliphatic carbocycles. The van der Waals surface area contributed by atoms with Gasteiger partial charge in [0.25, 0.3) is 5.91 Å². The minimum atomic E-state index is -0.260. The van der Waals surface area contributed by atoms with Crippen molar-refractivity contribution < 1.29 is 19.1 Å². The second-order valence-corrected chi connectivity index (χ2v) is 7.79. The van der Waals surface area contributed by atoms with E-state index in [1.807, 2.05) is 31.3 Å². The summed E-state index contributed by atoms with van der Waals surface area (Å²) >= 11 is 1.30. The minimum absolute atomic E-state index is 0.167. The molecule has 1 aromatic heterocycles. The lowest BCUT2D eigenvalue weighted by Gasteiger charge is -2.26. The van der Waals surface area contributed by atoms with Gasteiger partial charge in [0.05, 0.1) is 12.3 Å². The predicted octanol–water partition coefficient (Wildman–Crippen LogP) is 2.12. The van der Waals surface area contributed by atoms with Crippen molar-refractivity contribution in [2.45, 2.75) is 11.3 Å². The van der Waals surface area contributed by atoms with E-state index in [0.29, 0.717) is 41.1 Å². The van der Waals surface area contributed by atoms with Gasteiger partial charge in [-0.05, 0) is 36.4 Å². The van der Waals surface area contributed by atoms with Crippen LogP contribution in [-0.2, 0) is 11.8 Å². The molecule has 1 unspecified atom stereocenters. The molecular formula is C21H21N5O4S. The number of benzene rings is 2. The first-order valence-electron chi connectivity index (χ1n) is 9.62. The molecule has 3 aromatic rings. The van der Waals surface area contributed by atoms with Crippen LogP contribution < -0.4 is 20.1 Å². The molecule has 0 saturated carbocycles. The maximum absolute atomic E-state index is 12.4. The van der Waals surface area contributed by atoms with Crippen LogP contribution in [0.3, 0.4) is 0 Å². The second kappa shape index (κ2) is 9.52. The Morgan fingerprint density at radius 3 is 2.68 bits per heavy atom. The van der Waals surface area contributed by atoms with Gasteiger partial charge < -0.3 is 24.7 Å². The first kappa shape index (κ1) is 20.7. The van der Waals surface area contributed by atoms with Crippen molar-refractivity contribution in [1.29, 1.82) is 0 Å². The van der Waals surface area contributed by atoms with Crippen LogP contribution in [-0.4, -0.2) is 51.6 Å². The smallest absolute Gasteiger partial charge is 0.251 e. The van der Waals surface area contributed by atoms with Crippen molar-refractivity contribution in [1.82, 2.24) is 20.1 Å². The van der Waals surface area contributed by atoms with Crippen molar-refractivity contribution in [2.75, 3.05) is 24.2 Å². The van der Waals surface area contributed by atoms with Crippen LogP contribution in [0.5, 0.6) is 11.5 Å². The zero-order chi connectivity index (χ0) is 21.6. The summed E-state index contributed by atoms with van der Waals surface area (Å²) in [7, 11) is 1.82. The highest BCUT2D eigenvalue weighted by atomic mass is 32.2. The number of ether oxygens (including phenoxy) is 2. The SMILES string of the molecule is Cn1cnnc1SCC(=O)Nc1ccc(C(=O)NCC2COc3ccccc3O2)cc1. The van der Waals surface area contributed by atoms with Gasteiger partial charge >= 0.3 is 0 Å². The monoisotopic (exact) mass is 439 g/mol. The molecule has 2 amide bonds. The van der Waals surface area contributed by atoms with E-state index in [1.165, 1.54) is 11.8 Å². The Morgan fingerprint density at radius 1 is 1.16 bits per heavy atom. The summed E-state index contributed by atoms with van der Waals surface area (Å²) < 4.78 is 13.2. The molecule has 1 atom stereocenters. The molecule has 0 fully saturated rings. The van der Waals surface area contributed by atoms with Crippen molar-refractivity contribution >= 4 is 29.3 Å². The van der Waals surface area contributed by atoms with Gasteiger partial charge in [-0.15, -0.1) is 10.2 Å². The van der Waals surface area contributed by atoms with Gasteiger partial charge in [-0.25, -0.2) is 0 Å². The van der Waals surface area contributed by atoms with Crippen molar-refractivity contribution in [2.24, 2.45) is 7.05 Å². The summed E-state index contributed by atoms with van der Waals surface area (Å²) in [6.45, 7) is 0.694. The van der Waals surface area contributed by atoms with E-state index in [-0.39, 0.29) is 23.7 Å². The van der Waals surface area contributed by atoms with E-state index in [4.69, 9.17) is 9.47 Å². The van der Waals surface area contributed by atoms with Crippen LogP contribution in [0.2, 0.25) is 0 Å². The third-order valence-corrected chi connectivity index (χ3v) is 5.53. The van der Waals surface area contributed by atoms with E-state index in [9.17, 15) is 9.59 Å². The molecule has 31 heavy (non-hydrogen) atoms. The molecule has 2 aromatic carbocycles. The molecule has 2 N–H and O–H groups in total. The summed E-state index contributed by atoms with van der Waals surface area (Å²) in [5.74, 6) is 1.20. The maximum Gasteiger partial charge on any atom is 0.251 e. The first-order chi connectivity index (χ1) is 15.1. The van der Waals surface area contributed by atoms with Gasteiger partial charge in [0.2, 0.25) is 5.91 Å². The van der Waals surface area contributed by atoms with Gasteiger partial charge in [-0.2, -0.15) is 0 Å². The van der Waals surface area contributed by atoms with Crippen LogP contribution in [0.1, 0.15) is 10.4 Å². The molecule has 1 aliphatic heterocycles. The molecule has 10 heteroatoms. The van der Waals surface area contributed by atoms with Crippen LogP contribution in [0.4, 0.5) is 5.69 Å². The Hall–Kier alpha value is -3.53. The van der Waals surface area contributed by atoms with Crippen LogP contribution in [0, 0.1) is 0 Å². The van der Waals surface area contributed by atoms with E-state index in [0.717, 1.165) is 0 Å². The average molecular weight is 439 g/mol. The number of thioether (sulfide) groups is 1. The third-order valence-electron chi connectivity index (χ3n) is 4.49. The summed E-state index contributed by atoms with van der Waals surface area (Å²) in [5.41, 5.74) is 1.10. The topological polar surface area (TPSA) is 107 Å². The number of para-hydroxylation sites is 2. The minimum Gasteiger partial charge on any atom is -0.486 e. The zero-order valence-corrected chi connectivity index (χ0v) is 17.6. The Balaban J connectivity index is 1.23. The number of hydrogen-bond acceptors (Lipinski definition) is 7. The maximum atomic E-state index is 12.4. The van der Waals surface area contributed by atoms with Gasteiger partial charge in [-0.1, -0.05) is 23.9 Å². The van der Waals surface area contributed by atoms with Gasteiger partial charge in [0, 0.05) is 18.3 Å². The number of carbonyl (C=O) groups excluding carboxylic acids is 2. The lowest BCUT2D eigenvalue weighted by molar-refractivity contribution is -0.113. The summed E-state index contributed by atoms with van der Waals surface area (Å²) in [4.78, 5) is 24.5. The number of aryl methyl sites for hydroxylation is 1. The number of rotatable bonds is 7. The van der Waals surface area contributed by atoms with Gasteiger partial charge in [-0.3, -0.25) is 9.59 Å². The lowest BCUT2D eigenvalue weighted by atomic mass is 10.2. The molecule has 160 valence electrons. The quantitative estimate of drug-likeness (QED) is 0.543. The number of carbonyl (C=O) groups is 2. The fourth-order valence-corrected chi connectivity index (χ4v) is 3.60. The standard InChI is InChI=1S/C21H21N5O4S/c1-26-13-23-25-21(26)31-12-19(27)24-15-8-6-14(7-9-15)20(28)22-10-16-11-29-17-4-2-3-5-18(17)30-16/h2-9,13,16H,10-12H2,1H3,(H,22,28)(H,24,27).